The first kappa shape index (κ1) is 14.3. The van der Waals surface area contributed by atoms with Crippen molar-refractivity contribution in [2.75, 3.05) is 11.6 Å². The molecule has 104 valence electrons. The normalized spacial score (nSPS) is 23.2. The summed E-state index contributed by atoms with van der Waals surface area (Å²) >= 11 is 1.68. The number of hydrogen-bond acceptors (Lipinski definition) is 2. The number of benzene rings is 1. The Morgan fingerprint density at radius 3 is 2.63 bits per heavy atom. The smallest absolute Gasteiger partial charge is 0.319 e. The van der Waals surface area contributed by atoms with Gasteiger partial charge in [-0.15, -0.1) is 11.8 Å². The van der Waals surface area contributed by atoms with Crippen LogP contribution in [0.2, 0.25) is 0 Å². The van der Waals surface area contributed by atoms with Crippen LogP contribution in [0.5, 0.6) is 0 Å². The van der Waals surface area contributed by atoms with Gasteiger partial charge in [0.05, 0.1) is 0 Å². The molecule has 3 nitrogen and oxygen atoms in total. The SMILES string of the molecule is CSc1cccc(NC(=O)N2[C@@H](C)CCC[C@@H]2C)c1. The molecule has 0 spiro atoms. The first-order valence-electron chi connectivity index (χ1n) is 6.85. The fourth-order valence-electron chi connectivity index (χ4n) is 2.71. The molecule has 0 radical (unpaired) electrons. The highest BCUT2D eigenvalue weighted by Gasteiger charge is 2.28. The molecule has 0 aromatic heterocycles. The number of anilines is 1. The second-order valence-electron chi connectivity index (χ2n) is 5.20. The zero-order valence-electron chi connectivity index (χ0n) is 11.8. The van der Waals surface area contributed by atoms with Gasteiger partial charge in [-0.3, -0.25) is 0 Å². The van der Waals surface area contributed by atoms with Crippen molar-refractivity contribution in [1.82, 2.24) is 4.90 Å². The highest BCUT2D eigenvalue weighted by molar-refractivity contribution is 7.98. The Balaban J connectivity index is 2.07. The van der Waals surface area contributed by atoms with E-state index >= 15 is 0 Å². The molecule has 19 heavy (non-hydrogen) atoms. The lowest BCUT2D eigenvalue weighted by atomic mass is 9.98. The van der Waals surface area contributed by atoms with Crippen LogP contribution < -0.4 is 5.32 Å². The summed E-state index contributed by atoms with van der Waals surface area (Å²) in [5.74, 6) is 0. The predicted molar refractivity (Wildman–Crippen MR) is 81.9 cm³/mol. The van der Waals surface area contributed by atoms with E-state index in [2.05, 4.69) is 19.2 Å². The molecule has 1 aromatic carbocycles. The largest absolute Gasteiger partial charge is 0.322 e. The third-order valence-electron chi connectivity index (χ3n) is 3.75. The molecule has 2 amide bonds. The number of hydrogen-bond donors (Lipinski definition) is 1. The lowest BCUT2D eigenvalue weighted by Crippen LogP contribution is -2.49. The van der Waals surface area contributed by atoms with E-state index in [0.717, 1.165) is 23.4 Å². The average molecular weight is 278 g/mol. The number of nitrogens with zero attached hydrogens (tertiary/aromatic N) is 1. The third-order valence-corrected chi connectivity index (χ3v) is 4.47. The molecule has 1 fully saturated rings. The number of thioether (sulfide) groups is 1. The van der Waals surface area contributed by atoms with Crippen molar-refractivity contribution in [1.29, 1.82) is 0 Å². The first-order chi connectivity index (χ1) is 9.11. The van der Waals surface area contributed by atoms with Gasteiger partial charge in [-0.05, 0) is 57.6 Å². The minimum Gasteiger partial charge on any atom is -0.319 e. The lowest BCUT2D eigenvalue weighted by molar-refractivity contribution is 0.133. The molecule has 1 saturated heterocycles. The van der Waals surface area contributed by atoms with Crippen LogP contribution in [0, 0.1) is 0 Å². The second-order valence-corrected chi connectivity index (χ2v) is 6.08. The number of carbonyl (C=O) groups excluding carboxylic acids is 1. The average Bonchev–Trinajstić information content (AvgIpc) is 2.38. The van der Waals surface area contributed by atoms with Crippen LogP contribution in [0.25, 0.3) is 0 Å². The van der Waals surface area contributed by atoms with Gasteiger partial charge in [0.25, 0.3) is 0 Å². The summed E-state index contributed by atoms with van der Waals surface area (Å²) in [6, 6.07) is 8.66. The summed E-state index contributed by atoms with van der Waals surface area (Å²) in [5.41, 5.74) is 0.877. The molecule has 0 bridgehead atoms. The van der Waals surface area contributed by atoms with Gasteiger partial charge < -0.3 is 10.2 Å². The lowest BCUT2D eigenvalue weighted by Gasteiger charge is -2.38. The molecule has 2 rings (SSSR count). The minimum atomic E-state index is 0.0259. The van der Waals surface area contributed by atoms with Gasteiger partial charge in [0.1, 0.15) is 0 Å². The van der Waals surface area contributed by atoms with Crippen molar-refractivity contribution in [2.24, 2.45) is 0 Å². The summed E-state index contributed by atoms with van der Waals surface area (Å²) in [6.07, 6.45) is 5.45. The molecule has 4 heteroatoms. The Kier molecular flexibility index (Phi) is 4.75. The summed E-state index contributed by atoms with van der Waals surface area (Å²) in [4.78, 5) is 15.5. The van der Waals surface area contributed by atoms with Gasteiger partial charge in [0, 0.05) is 22.7 Å². The molecule has 1 N–H and O–H groups in total. The molecule has 1 aromatic rings. The number of rotatable bonds is 2. The van der Waals surface area contributed by atoms with E-state index in [1.807, 2.05) is 35.4 Å². The van der Waals surface area contributed by atoms with E-state index < -0.39 is 0 Å². The maximum Gasteiger partial charge on any atom is 0.322 e. The van der Waals surface area contributed by atoms with Crippen LogP contribution >= 0.6 is 11.8 Å². The Morgan fingerprint density at radius 2 is 2.00 bits per heavy atom. The van der Waals surface area contributed by atoms with E-state index in [1.54, 1.807) is 11.8 Å². The summed E-state index contributed by atoms with van der Waals surface area (Å²) in [6.45, 7) is 4.26. The van der Waals surface area contributed by atoms with E-state index in [0.29, 0.717) is 12.1 Å². The summed E-state index contributed by atoms with van der Waals surface area (Å²) in [7, 11) is 0. The van der Waals surface area contributed by atoms with Crippen LogP contribution in [0.4, 0.5) is 10.5 Å². The maximum atomic E-state index is 12.4. The highest BCUT2D eigenvalue weighted by atomic mass is 32.2. The van der Waals surface area contributed by atoms with E-state index in [1.165, 1.54) is 6.42 Å². The number of likely N-dealkylation sites (tertiary alicyclic amines) is 1. The van der Waals surface area contributed by atoms with Crippen LogP contribution in [-0.2, 0) is 0 Å². The Morgan fingerprint density at radius 1 is 1.32 bits per heavy atom. The fraction of sp³-hybridized carbons (Fsp3) is 0.533. The zero-order chi connectivity index (χ0) is 13.8. The van der Waals surface area contributed by atoms with Crippen molar-refractivity contribution >= 4 is 23.5 Å². The quantitative estimate of drug-likeness (QED) is 0.822. The number of nitrogens with one attached hydrogen (secondary N) is 1. The summed E-state index contributed by atoms with van der Waals surface area (Å²) in [5, 5.41) is 3.02. The topological polar surface area (TPSA) is 32.3 Å². The van der Waals surface area contributed by atoms with Gasteiger partial charge >= 0.3 is 6.03 Å². The molecule has 0 aliphatic carbocycles. The molecule has 1 heterocycles. The molecule has 0 unspecified atom stereocenters. The van der Waals surface area contributed by atoms with Gasteiger partial charge in [0.2, 0.25) is 0 Å². The van der Waals surface area contributed by atoms with Crippen LogP contribution in [0.15, 0.2) is 29.2 Å². The summed E-state index contributed by atoms with van der Waals surface area (Å²) < 4.78 is 0. The predicted octanol–water partition coefficient (Wildman–Crippen LogP) is 4.20. The van der Waals surface area contributed by atoms with E-state index in [9.17, 15) is 4.79 Å². The van der Waals surface area contributed by atoms with Crippen molar-refractivity contribution in [2.45, 2.75) is 50.1 Å². The Bertz CT molecular complexity index is 440. The fourth-order valence-corrected chi connectivity index (χ4v) is 3.17. The van der Waals surface area contributed by atoms with Crippen molar-refractivity contribution in [3.63, 3.8) is 0 Å². The van der Waals surface area contributed by atoms with Gasteiger partial charge in [-0.25, -0.2) is 4.79 Å². The van der Waals surface area contributed by atoms with Crippen molar-refractivity contribution in [3.8, 4) is 0 Å². The molecule has 1 aliphatic rings. The third kappa shape index (κ3) is 3.44. The zero-order valence-corrected chi connectivity index (χ0v) is 12.7. The van der Waals surface area contributed by atoms with Gasteiger partial charge in [-0.2, -0.15) is 0 Å². The van der Waals surface area contributed by atoms with E-state index in [4.69, 9.17) is 0 Å². The first-order valence-corrected chi connectivity index (χ1v) is 8.07. The van der Waals surface area contributed by atoms with Gasteiger partial charge in [0.15, 0.2) is 0 Å². The molecule has 2 atom stereocenters. The van der Waals surface area contributed by atoms with E-state index in [-0.39, 0.29) is 6.03 Å². The number of carbonyl (C=O) groups is 1. The van der Waals surface area contributed by atoms with Gasteiger partial charge in [-0.1, -0.05) is 6.07 Å². The standard InChI is InChI=1S/C15H22N2OS/c1-11-6-4-7-12(2)17(11)15(18)16-13-8-5-9-14(10-13)19-3/h5,8-12H,4,6-7H2,1-3H3,(H,16,18)/t11-,12-/m0/s1. The molecular formula is C15H22N2OS. The molecular weight excluding hydrogens is 256 g/mol. The molecule has 1 aliphatic heterocycles. The minimum absolute atomic E-state index is 0.0259. The monoisotopic (exact) mass is 278 g/mol. The number of urea groups is 1. The van der Waals surface area contributed by atoms with Crippen LogP contribution in [0.1, 0.15) is 33.1 Å². The van der Waals surface area contributed by atoms with Crippen molar-refractivity contribution < 1.29 is 4.79 Å². The second kappa shape index (κ2) is 6.33. The Hall–Kier alpha value is -1.16. The maximum absolute atomic E-state index is 12.4. The molecule has 0 saturated carbocycles. The number of piperidine rings is 1. The highest BCUT2D eigenvalue weighted by Crippen LogP contribution is 2.24. The van der Waals surface area contributed by atoms with Crippen LogP contribution in [-0.4, -0.2) is 29.3 Å². The van der Waals surface area contributed by atoms with Crippen LogP contribution in [0.3, 0.4) is 0 Å². The Labute approximate surface area is 119 Å². The number of amides is 2. The van der Waals surface area contributed by atoms with Crippen molar-refractivity contribution in [3.05, 3.63) is 24.3 Å².